The fraction of sp³-hybridized carbons (Fsp3) is 0.600. The molecule has 6 heteroatoms. The molecule has 0 aliphatic heterocycles. The van der Waals surface area contributed by atoms with Crippen LogP contribution >= 0.6 is 0 Å². The Morgan fingerprint density at radius 2 is 2.19 bits per heavy atom. The second kappa shape index (κ2) is 6.56. The number of rotatable bonds is 6. The van der Waals surface area contributed by atoms with Crippen molar-refractivity contribution in [1.29, 1.82) is 5.26 Å². The van der Waals surface area contributed by atoms with Crippen LogP contribution in [-0.2, 0) is 19.1 Å². The highest BCUT2D eigenvalue weighted by Crippen LogP contribution is 2.14. The third-order valence-corrected chi connectivity index (χ3v) is 1.84. The van der Waals surface area contributed by atoms with Crippen LogP contribution in [0.15, 0.2) is 0 Å². The van der Waals surface area contributed by atoms with E-state index in [4.69, 9.17) is 10.00 Å². The largest absolute Gasteiger partial charge is 0.463 e. The van der Waals surface area contributed by atoms with Gasteiger partial charge in [-0.2, -0.15) is 5.26 Å². The molecular weight excluding hydrogens is 212 g/mol. The summed E-state index contributed by atoms with van der Waals surface area (Å²) in [6, 6.07) is 1.70. The SMILES string of the molecule is CCOC(=O)[C@](C#N)(CCC=O)NC(C)=O. The van der Waals surface area contributed by atoms with Crippen molar-refractivity contribution < 1.29 is 19.1 Å². The first-order valence-corrected chi connectivity index (χ1v) is 4.83. The predicted octanol–water partition coefficient (Wildman–Crippen LogP) is -0.0729. The van der Waals surface area contributed by atoms with E-state index in [2.05, 4.69) is 5.32 Å². The van der Waals surface area contributed by atoms with Gasteiger partial charge in [0.15, 0.2) is 0 Å². The van der Waals surface area contributed by atoms with Gasteiger partial charge in [-0.15, -0.1) is 0 Å². The standard InChI is InChI=1S/C10H14N2O4/c1-3-16-9(15)10(7-11,5-4-6-13)12-8(2)14/h6H,3-5H2,1-2H3,(H,12,14)/t10-/m1/s1. The molecule has 16 heavy (non-hydrogen) atoms. The molecule has 0 fully saturated rings. The van der Waals surface area contributed by atoms with E-state index in [9.17, 15) is 14.4 Å². The summed E-state index contributed by atoms with van der Waals surface area (Å²) in [5.41, 5.74) is -1.76. The Morgan fingerprint density at radius 1 is 1.56 bits per heavy atom. The summed E-state index contributed by atoms with van der Waals surface area (Å²) in [4.78, 5) is 32.8. The zero-order valence-electron chi connectivity index (χ0n) is 9.28. The Bertz CT molecular complexity index is 321. The van der Waals surface area contributed by atoms with E-state index < -0.39 is 17.4 Å². The summed E-state index contributed by atoms with van der Waals surface area (Å²) in [6.45, 7) is 2.88. The lowest BCUT2D eigenvalue weighted by atomic mass is 9.95. The van der Waals surface area contributed by atoms with Gasteiger partial charge >= 0.3 is 5.97 Å². The molecule has 0 unspecified atom stereocenters. The number of carbonyl (C=O) groups is 3. The fourth-order valence-electron chi connectivity index (χ4n) is 1.18. The van der Waals surface area contributed by atoms with Gasteiger partial charge in [-0.1, -0.05) is 0 Å². The van der Waals surface area contributed by atoms with Gasteiger partial charge < -0.3 is 14.8 Å². The van der Waals surface area contributed by atoms with Gasteiger partial charge in [0.25, 0.3) is 0 Å². The van der Waals surface area contributed by atoms with Gasteiger partial charge in [0.05, 0.1) is 6.61 Å². The van der Waals surface area contributed by atoms with E-state index >= 15 is 0 Å². The van der Waals surface area contributed by atoms with E-state index in [1.54, 1.807) is 13.0 Å². The molecule has 0 rings (SSSR count). The molecule has 0 heterocycles. The molecule has 1 amide bonds. The molecule has 0 aromatic carbocycles. The monoisotopic (exact) mass is 226 g/mol. The fourth-order valence-corrected chi connectivity index (χ4v) is 1.18. The highest BCUT2D eigenvalue weighted by molar-refractivity contribution is 5.90. The molecule has 1 N–H and O–H groups in total. The molecule has 0 saturated carbocycles. The minimum Gasteiger partial charge on any atom is -0.463 e. The van der Waals surface area contributed by atoms with Crippen LogP contribution in [0, 0.1) is 11.3 Å². The van der Waals surface area contributed by atoms with Crippen molar-refractivity contribution in [1.82, 2.24) is 5.32 Å². The summed E-state index contributed by atoms with van der Waals surface area (Å²) < 4.78 is 4.70. The van der Waals surface area contributed by atoms with Crippen molar-refractivity contribution in [3.05, 3.63) is 0 Å². The Morgan fingerprint density at radius 3 is 2.56 bits per heavy atom. The molecule has 0 spiro atoms. The Balaban J connectivity index is 4.95. The highest BCUT2D eigenvalue weighted by atomic mass is 16.5. The minimum absolute atomic E-state index is 0.00729. The van der Waals surface area contributed by atoms with Crippen LogP contribution < -0.4 is 5.32 Å². The third-order valence-electron chi connectivity index (χ3n) is 1.84. The second-order valence-electron chi connectivity index (χ2n) is 3.12. The van der Waals surface area contributed by atoms with Crippen LogP contribution in [0.2, 0.25) is 0 Å². The van der Waals surface area contributed by atoms with Gasteiger partial charge in [-0.25, -0.2) is 4.79 Å². The molecule has 0 aromatic heterocycles. The summed E-state index contributed by atoms with van der Waals surface area (Å²) in [5.74, 6) is -1.37. The molecular formula is C10H14N2O4. The van der Waals surface area contributed by atoms with Crippen molar-refractivity contribution in [3.8, 4) is 6.07 Å². The second-order valence-corrected chi connectivity index (χ2v) is 3.12. The zero-order valence-corrected chi connectivity index (χ0v) is 9.28. The summed E-state index contributed by atoms with van der Waals surface area (Å²) >= 11 is 0. The lowest BCUT2D eigenvalue weighted by Gasteiger charge is -2.23. The predicted molar refractivity (Wildman–Crippen MR) is 54.1 cm³/mol. The van der Waals surface area contributed by atoms with Crippen LogP contribution in [-0.4, -0.2) is 30.3 Å². The number of hydrogen-bond donors (Lipinski definition) is 1. The number of aldehydes is 1. The van der Waals surface area contributed by atoms with Crippen LogP contribution in [0.1, 0.15) is 26.7 Å². The highest BCUT2D eigenvalue weighted by Gasteiger charge is 2.40. The van der Waals surface area contributed by atoms with Crippen molar-refractivity contribution in [2.45, 2.75) is 32.2 Å². The summed E-state index contributed by atoms with van der Waals surface area (Å²) in [7, 11) is 0. The van der Waals surface area contributed by atoms with E-state index in [1.165, 1.54) is 6.92 Å². The van der Waals surface area contributed by atoms with Crippen molar-refractivity contribution >= 4 is 18.2 Å². The normalized spacial score (nSPS) is 13.1. The topological polar surface area (TPSA) is 96.3 Å². The minimum atomic E-state index is -1.76. The first kappa shape index (κ1) is 14.1. The lowest BCUT2D eigenvalue weighted by molar-refractivity contribution is -0.150. The number of nitrogens with zero attached hydrogens (tertiary/aromatic N) is 1. The van der Waals surface area contributed by atoms with Gasteiger partial charge in [-0.05, 0) is 6.92 Å². The summed E-state index contributed by atoms with van der Waals surface area (Å²) in [6.07, 6.45) is 0.477. The summed E-state index contributed by atoms with van der Waals surface area (Å²) in [5, 5.41) is 11.2. The van der Waals surface area contributed by atoms with Gasteiger partial charge in [0.2, 0.25) is 11.4 Å². The van der Waals surface area contributed by atoms with E-state index in [0.717, 1.165) is 0 Å². The number of hydrogen-bond acceptors (Lipinski definition) is 5. The number of amides is 1. The van der Waals surface area contributed by atoms with Gasteiger partial charge in [-0.3, -0.25) is 4.79 Å². The average molecular weight is 226 g/mol. The first-order valence-electron chi connectivity index (χ1n) is 4.83. The van der Waals surface area contributed by atoms with Crippen LogP contribution in [0.5, 0.6) is 0 Å². The molecule has 0 aliphatic carbocycles. The first-order chi connectivity index (χ1) is 7.52. The molecule has 6 nitrogen and oxygen atoms in total. The smallest absolute Gasteiger partial charge is 0.346 e. The molecule has 0 bridgehead atoms. The van der Waals surface area contributed by atoms with E-state index in [1.807, 2.05) is 0 Å². The van der Waals surface area contributed by atoms with E-state index in [0.29, 0.717) is 6.29 Å². The lowest BCUT2D eigenvalue weighted by Crippen LogP contribution is -2.53. The maximum absolute atomic E-state index is 11.6. The number of esters is 1. The van der Waals surface area contributed by atoms with Crippen LogP contribution in [0.3, 0.4) is 0 Å². The Kier molecular flexibility index (Phi) is 5.78. The maximum Gasteiger partial charge on any atom is 0.346 e. The third kappa shape index (κ3) is 3.69. The molecule has 0 aliphatic rings. The zero-order chi connectivity index (χ0) is 12.6. The molecule has 0 radical (unpaired) electrons. The maximum atomic E-state index is 11.6. The van der Waals surface area contributed by atoms with Gasteiger partial charge in [0.1, 0.15) is 12.4 Å². The Hall–Kier alpha value is -1.90. The van der Waals surface area contributed by atoms with E-state index in [-0.39, 0.29) is 19.4 Å². The van der Waals surface area contributed by atoms with Crippen molar-refractivity contribution in [3.63, 3.8) is 0 Å². The quantitative estimate of drug-likeness (QED) is 0.505. The molecule has 1 atom stereocenters. The van der Waals surface area contributed by atoms with Crippen molar-refractivity contribution in [2.75, 3.05) is 6.61 Å². The molecule has 88 valence electrons. The molecule has 0 saturated heterocycles. The number of ether oxygens (including phenoxy) is 1. The Labute approximate surface area is 93.6 Å². The average Bonchev–Trinajstić information content (AvgIpc) is 2.24. The van der Waals surface area contributed by atoms with Crippen molar-refractivity contribution in [2.24, 2.45) is 0 Å². The molecule has 0 aromatic rings. The number of nitrogens with one attached hydrogen (secondary N) is 1. The van der Waals surface area contributed by atoms with Gasteiger partial charge in [0, 0.05) is 19.8 Å². The van der Waals surface area contributed by atoms with Crippen LogP contribution in [0.4, 0.5) is 0 Å². The number of nitriles is 1. The number of carbonyl (C=O) groups excluding carboxylic acids is 3. The van der Waals surface area contributed by atoms with Crippen LogP contribution in [0.25, 0.3) is 0 Å².